The maximum absolute atomic E-state index is 10.9. The van der Waals surface area contributed by atoms with Gasteiger partial charge in [0, 0.05) is 16.6 Å². The lowest BCUT2D eigenvalue weighted by Crippen LogP contribution is -1.97. The second-order valence-corrected chi connectivity index (χ2v) is 6.54. The first-order valence-corrected chi connectivity index (χ1v) is 8.76. The van der Waals surface area contributed by atoms with Gasteiger partial charge in [0.05, 0.1) is 7.11 Å². The summed E-state index contributed by atoms with van der Waals surface area (Å²) in [5.74, 6) is -0.988. The van der Waals surface area contributed by atoms with Crippen LogP contribution in [0.1, 0.15) is 10.4 Å². The van der Waals surface area contributed by atoms with Crippen molar-refractivity contribution in [1.29, 1.82) is 0 Å². The number of nitrogens with one attached hydrogen (secondary N) is 1. The Bertz CT molecular complexity index is 990. The maximum atomic E-state index is 10.9. The number of rotatable bonds is 6. The first kappa shape index (κ1) is 18.5. The van der Waals surface area contributed by atoms with Crippen molar-refractivity contribution in [2.45, 2.75) is 4.90 Å². The molecule has 0 spiro atoms. The van der Waals surface area contributed by atoms with E-state index in [0.717, 1.165) is 16.0 Å². The minimum atomic E-state index is -1.18. The molecule has 138 valence electrons. The molecule has 0 unspecified atom stereocenters. The Morgan fingerprint density at radius 1 is 0.963 bits per heavy atom. The van der Waals surface area contributed by atoms with E-state index < -0.39 is 5.97 Å². The van der Waals surface area contributed by atoms with Crippen LogP contribution in [0.5, 0.6) is 17.2 Å². The maximum Gasteiger partial charge on any atom is 0.339 e. The molecule has 0 radical (unpaired) electrons. The lowest BCUT2D eigenvalue weighted by Gasteiger charge is -2.10. The Balaban J connectivity index is 1.77. The van der Waals surface area contributed by atoms with Gasteiger partial charge in [0.1, 0.15) is 11.3 Å². The molecule has 0 heterocycles. The van der Waals surface area contributed by atoms with Gasteiger partial charge in [0.25, 0.3) is 0 Å². The Morgan fingerprint density at radius 2 is 1.74 bits per heavy atom. The third kappa shape index (κ3) is 4.27. The molecule has 0 aliphatic carbocycles. The van der Waals surface area contributed by atoms with Crippen LogP contribution in [0.4, 0.5) is 5.69 Å². The summed E-state index contributed by atoms with van der Waals surface area (Å²) in [5, 5.41) is 28.4. The van der Waals surface area contributed by atoms with Crippen molar-refractivity contribution in [1.82, 2.24) is 0 Å². The first-order chi connectivity index (χ1) is 13.0. The molecule has 0 saturated carbocycles. The minimum absolute atomic E-state index is 0.0815. The van der Waals surface area contributed by atoms with Gasteiger partial charge in [-0.15, -0.1) is 0 Å². The van der Waals surface area contributed by atoms with Gasteiger partial charge in [-0.25, -0.2) is 4.79 Å². The largest absolute Gasteiger partial charge is 0.507 e. The molecule has 4 N–H and O–H groups in total. The average Bonchev–Trinajstić information content (AvgIpc) is 2.66. The molecule has 0 amide bonds. The molecule has 3 rings (SSSR count). The fraction of sp³-hybridized carbons (Fsp3) is 0.0500. The number of phenolic OH excluding ortho intramolecular Hbond substituents is 1. The highest BCUT2D eigenvalue weighted by molar-refractivity contribution is 8.00. The summed E-state index contributed by atoms with van der Waals surface area (Å²) < 4.78 is 8.22. The summed E-state index contributed by atoms with van der Waals surface area (Å²) in [6.45, 7) is 0. The predicted molar refractivity (Wildman–Crippen MR) is 105 cm³/mol. The van der Waals surface area contributed by atoms with E-state index in [4.69, 9.17) is 9.84 Å². The Hall–Kier alpha value is -3.32. The predicted octanol–water partition coefficient (Wildman–Crippen LogP) is 4.59. The van der Waals surface area contributed by atoms with Crippen LogP contribution in [0, 0.1) is 0 Å². The number of carbonyl (C=O) groups is 1. The van der Waals surface area contributed by atoms with Crippen LogP contribution < -0.4 is 9.46 Å². The SMILES string of the molecule is COc1cc(-c2cccc(SNc3ccc(C(=O)O)c(O)c3)c2)ccc1O. The second-order valence-electron chi connectivity index (χ2n) is 5.66. The van der Waals surface area contributed by atoms with Crippen molar-refractivity contribution in [3.63, 3.8) is 0 Å². The Kier molecular flexibility index (Phi) is 5.42. The minimum Gasteiger partial charge on any atom is -0.507 e. The van der Waals surface area contributed by atoms with Gasteiger partial charge in [-0.05, 0) is 59.5 Å². The van der Waals surface area contributed by atoms with E-state index in [1.54, 1.807) is 24.3 Å². The number of anilines is 1. The fourth-order valence-corrected chi connectivity index (χ4v) is 3.19. The van der Waals surface area contributed by atoms with Gasteiger partial charge < -0.3 is 24.8 Å². The van der Waals surface area contributed by atoms with Crippen molar-refractivity contribution in [2.24, 2.45) is 0 Å². The highest BCUT2D eigenvalue weighted by Gasteiger charge is 2.10. The lowest BCUT2D eigenvalue weighted by molar-refractivity contribution is 0.0694. The molecule has 7 heteroatoms. The van der Waals surface area contributed by atoms with Crippen LogP contribution in [0.3, 0.4) is 0 Å². The van der Waals surface area contributed by atoms with E-state index in [-0.39, 0.29) is 17.1 Å². The zero-order chi connectivity index (χ0) is 19.4. The van der Waals surface area contributed by atoms with Crippen LogP contribution in [-0.2, 0) is 0 Å². The Labute approximate surface area is 160 Å². The van der Waals surface area contributed by atoms with Crippen LogP contribution in [0.15, 0.2) is 65.6 Å². The average molecular weight is 383 g/mol. The summed E-state index contributed by atoms with van der Waals surface area (Å²) in [6.07, 6.45) is 0. The second kappa shape index (κ2) is 7.92. The van der Waals surface area contributed by atoms with Crippen molar-refractivity contribution in [3.8, 4) is 28.4 Å². The molecule has 6 nitrogen and oxygen atoms in total. The van der Waals surface area contributed by atoms with E-state index in [1.807, 2.05) is 24.3 Å². The van der Waals surface area contributed by atoms with Crippen LogP contribution in [-0.4, -0.2) is 28.4 Å². The van der Waals surface area contributed by atoms with Gasteiger partial charge >= 0.3 is 5.97 Å². The van der Waals surface area contributed by atoms with Gasteiger partial charge in [-0.2, -0.15) is 0 Å². The normalized spacial score (nSPS) is 10.4. The van der Waals surface area contributed by atoms with Gasteiger partial charge in [0.15, 0.2) is 11.5 Å². The van der Waals surface area contributed by atoms with E-state index in [1.165, 1.54) is 31.2 Å². The summed E-state index contributed by atoms with van der Waals surface area (Å²) >= 11 is 1.33. The van der Waals surface area contributed by atoms with E-state index in [0.29, 0.717) is 11.4 Å². The first-order valence-electron chi connectivity index (χ1n) is 7.94. The number of carboxylic acids is 1. The van der Waals surface area contributed by atoms with Crippen molar-refractivity contribution in [3.05, 3.63) is 66.2 Å². The number of carboxylic acid groups (broad SMARTS) is 1. The Morgan fingerprint density at radius 3 is 2.44 bits per heavy atom. The third-order valence-corrected chi connectivity index (χ3v) is 4.69. The number of methoxy groups -OCH3 is 1. The number of phenols is 2. The smallest absolute Gasteiger partial charge is 0.339 e. The molecule has 3 aromatic carbocycles. The highest BCUT2D eigenvalue weighted by Crippen LogP contribution is 2.33. The molecule has 0 fully saturated rings. The summed E-state index contributed by atoms with van der Waals surface area (Å²) in [5.41, 5.74) is 2.28. The van der Waals surface area contributed by atoms with E-state index >= 15 is 0 Å². The molecule has 0 aromatic heterocycles. The van der Waals surface area contributed by atoms with Gasteiger partial charge in [0.2, 0.25) is 0 Å². The number of aromatic hydroxyl groups is 2. The van der Waals surface area contributed by atoms with Crippen LogP contribution in [0.25, 0.3) is 11.1 Å². The quantitative estimate of drug-likeness (QED) is 0.462. The van der Waals surface area contributed by atoms with Gasteiger partial charge in [-0.3, -0.25) is 0 Å². The number of hydrogen-bond acceptors (Lipinski definition) is 6. The summed E-state index contributed by atoms with van der Waals surface area (Å²) in [6, 6.07) is 17.2. The number of ether oxygens (including phenoxy) is 1. The van der Waals surface area contributed by atoms with Gasteiger partial charge in [-0.1, -0.05) is 18.2 Å². The molecular weight excluding hydrogens is 366 g/mol. The molecular formula is C20H17NO5S. The molecule has 27 heavy (non-hydrogen) atoms. The molecule has 0 bridgehead atoms. The molecule has 0 aliphatic rings. The van der Waals surface area contributed by atoms with E-state index in [2.05, 4.69) is 4.72 Å². The van der Waals surface area contributed by atoms with Crippen molar-refractivity contribution in [2.75, 3.05) is 11.8 Å². The monoisotopic (exact) mass is 383 g/mol. The lowest BCUT2D eigenvalue weighted by atomic mass is 10.1. The summed E-state index contributed by atoms with van der Waals surface area (Å²) in [7, 11) is 1.50. The number of aromatic carboxylic acids is 1. The summed E-state index contributed by atoms with van der Waals surface area (Å²) in [4.78, 5) is 11.9. The van der Waals surface area contributed by atoms with Crippen LogP contribution in [0.2, 0.25) is 0 Å². The fourth-order valence-electron chi connectivity index (χ4n) is 2.49. The molecule has 0 aliphatic heterocycles. The zero-order valence-electron chi connectivity index (χ0n) is 14.3. The molecule has 0 atom stereocenters. The number of benzene rings is 3. The van der Waals surface area contributed by atoms with Crippen molar-refractivity contribution >= 4 is 23.6 Å². The molecule has 3 aromatic rings. The number of hydrogen-bond donors (Lipinski definition) is 4. The van der Waals surface area contributed by atoms with E-state index in [9.17, 15) is 15.0 Å². The zero-order valence-corrected chi connectivity index (χ0v) is 15.2. The third-order valence-electron chi connectivity index (χ3n) is 3.86. The van der Waals surface area contributed by atoms with Crippen molar-refractivity contribution < 1.29 is 24.9 Å². The topological polar surface area (TPSA) is 99.0 Å². The standard InChI is InChI=1S/C20H17NO5S/c1-26-19-10-13(5-8-17(19)22)12-3-2-4-15(9-12)27-21-14-6-7-16(20(24)25)18(23)11-14/h2-11,21-23H,1H3,(H,24,25). The molecule has 0 saturated heterocycles. The highest BCUT2D eigenvalue weighted by atomic mass is 32.2. The van der Waals surface area contributed by atoms with Crippen LogP contribution >= 0.6 is 11.9 Å².